The van der Waals surface area contributed by atoms with E-state index >= 15 is 0 Å². The summed E-state index contributed by atoms with van der Waals surface area (Å²) in [5, 5.41) is -0.170. The second-order valence-electron chi connectivity index (χ2n) is 7.42. The molecule has 0 amide bonds. The highest BCUT2D eigenvalue weighted by molar-refractivity contribution is 7.90. The number of fused-ring (bicyclic) bond motifs is 1. The number of aromatic nitrogens is 2. The van der Waals surface area contributed by atoms with E-state index in [9.17, 15) is 8.42 Å². The predicted molar refractivity (Wildman–Crippen MR) is 95.2 cm³/mol. The van der Waals surface area contributed by atoms with Gasteiger partial charge < -0.3 is 14.5 Å². The minimum absolute atomic E-state index is 0.146. The van der Waals surface area contributed by atoms with Crippen LogP contribution in [0.15, 0.2) is 12.4 Å². The Morgan fingerprint density at radius 3 is 2.84 bits per heavy atom. The van der Waals surface area contributed by atoms with Crippen LogP contribution in [-0.4, -0.2) is 70.1 Å². The molecule has 2 saturated heterocycles. The molecule has 0 bridgehead atoms. The fourth-order valence-corrected chi connectivity index (χ4v) is 5.11. The standard InChI is InChI=1S/C16H25N5O3S/c1-20(2)15-5-16(18-10-17-15)21-7-13-11(9-24-14(13)8-21)6-19-25(22,23)12-3-4-12/h5,10-14,19H,3-4,6-9H2,1-2H3/t11-,13-,14-/m0/s1. The molecule has 0 radical (unpaired) electrons. The van der Waals surface area contributed by atoms with Crippen LogP contribution in [-0.2, 0) is 14.8 Å². The Kier molecular flexibility index (Phi) is 4.33. The van der Waals surface area contributed by atoms with Gasteiger partial charge in [0.05, 0.1) is 18.0 Å². The summed E-state index contributed by atoms with van der Waals surface area (Å²) < 4.78 is 32.8. The van der Waals surface area contributed by atoms with Crippen molar-refractivity contribution in [3.8, 4) is 0 Å². The Morgan fingerprint density at radius 2 is 2.12 bits per heavy atom. The van der Waals surface area contributed by atoms with Crippen LogP contribution in [0.3, 0.4) is 0 Å². The zero-order valence-electron chi connectivity index (χ0n) is 14.6. The van der Waals surface area contributed by atoms with Gasteiger partial charge in [0.25, 0.3) is 0 Å². The Balaban J connectivity index is 1.40. The monoisotopic (exact) mass is 367 g/mol. The second-order valence-corrected chi connectivity index (χ2v) is 9.47. The molecule has 0 spiro atoms. The van der Waals surface area contributed by atoms with Crippen LogP contribution in [0.2, 0.25) is 0 Å². The van der Waals surface area contributed by atoms with Gasteiger partial charge in [0.1, 0.15) is 18.0 Å². The van der Waals surface area contributed by atoms with E-state index in [1.807, 2.05) is 25.1 Å². The first kappa shape index (κ1) is 17.0. The number of nitrogens with zero attached hydrogens (tertiary/aromatic N) is 4. The molecule has 9 heteroatoms. The van der Waals surface area contributed by atoms with Crippen molar-refractivity contribution in [1.29, 1.82) is 0 Å². The van der Waals surface area contributed by atoms with E-state index in [0.29, 0.717) is 19.1 Å². The number of hydrogen-bond donors (Lipinski definition) is 1. The molecule has 4 rings (SSSR count). The predicted octanol–water partition coefficient (Wildman–Crippen LogP) is 0.0756. The first-order valence-electron chi connectivity index (χ1n) is 8.78. The lowest BCUT2D eigenvalue weighted by molar-refractivity contribution is 0.111. The van der Waals surface area contributed by atoms with E-state index in [0.717, 1.165) is 37.6 Å². The summed E-state index contributed by atoms with van der Waals surface area (Å²) in [6.07, 6.45) is 3.31. The normalized spacial score (nSPS) is 29.0. The molecule has 0 unspecified atom stereocenters. The molecule has 25 heavy (non-hydrogen) atoms. The third-order valence-corrected chi connectivity index (χ3v) is 7.29. The average Bonchev–Trinajstić information content (AvgIpc) is 3.26. The van der Waals surface area contributed by atoms with Gasteiger partial charge >= 0.3 is 0 Å². The van der Waals surface area contributed by atoms with Gasteiger partial charge in [-0.1, -0.05) is 0 Å². The number of anilines is 2. The smallest absolute Gasteiger partial charge is 0.214 e. The van der Waals surface area contributed by atoms with E-state index in [4.69, 9.17) is 4.74 Å². The highest BCUT2D eigenvalue weighted by atomic mass is 32.2. The fraction of sp³-hybridized carbons (Fsp3) is 0.750. The maximum Gasteiger partial charge on any atom is 0.214 e. The van der Waals surface area contributed by atoms with Crippen molar-refractivity contribution in [1.82, 2.24) is 14.7 Å². The summed E-state index contributed by atoms with van der Waals surface area (Å²) in [6, 6.07) is 1.98. The van der Waals surface area contributed by atoms with E-state index in [-0.39, 0.29) is 17.3 Å². The van der Waals surface area contributed by atoms with Crippen molar-refractivity contribution in [2.45, 2.75) is 24.2 Å². The van der Waals surface area contributed by atoms with Crippen LogP contribution in [0, 0.1) is 11.8 Å². The van der Waals surface area contributed by atoms with E-state index in [1.54, 1.807) is 6.33 Å². The SMILES string of the molecule is CN(C)c1cc(N2C[C@H]3[C@@H](CNS(=O)(=O)C4CC4)CO[C@H]3C2)ncn1. The summed E-state index contributed by atoms with van der Waals surface area (Å²) in [6.45, 7) is 2.73. The molecule has 1 N–H and O–H groups in total. The second kappa shape index (κ2) is 6.37. The highest BCUT2D eigenvalue weighted by Gasteiger charge is 2.45. The lowest BCUT2D eigenvalue weighted by Gasteiger charge is -2.22. The van der Waals surface area contributed by atoms with Crippen molar-refractivity contribution in [2.24, 2.45) is 11.8 Å². The van der Waals surface area contributed by atoms with Crippen LogP contribution in [0.25, 0.3) is 0 Å². The number of rotatable bonds is 6. The molecule has 1 saturated carbocycles. The molecule has 8 nitrogen and oxygen atoms in total. The minimum atomic E-state index is -3.13. The van der Waals surface area contributed by atoms with Gasteiger partial charge in [0.2, 0.25) is 10.0 Å². The van der Waals surface area contributed by atoms with E-state index in [1.165, 1.54) is 0 Å². The number of nitrogens with one attached hydrogen (secondary N) is 1. The molecule has 0 aromatic carbocycles. The molecule has 2 aliphatic heterocycles. The summed E-state index contributed by atoms with van der Waals surface area (Å²) in [4.78, 5) is 12.8. The summed E-state index contributed by atoms with van der Waals surface area (Å²) in [5.74, 6) is 2.32. The molecule has 3 heterocycles. The summed E-state index contributed by atoms with van der Waals surface area (Å²) >= 11 is 0. The van der Waals surface area contributed by atoms with Crippen LogP contribution in [0.1, 0.15) is 12.8 Å². The zero-order chi connectivity index (χ0) is 17.6. The van der Waals surface area contributed by atoms with Gasteiger partial charge in [0, 0.05) is 51.6 Å². The average molecular weight is 367 g/mol. The van der Waals surface area contributed by atoms with Crippen molar-refractivity contribution >= 4 is 21.7 Å². The third-order valence-electron chi connectivity index (χ3n) is 5.37. The van der Waals surface area contributed by atoms with Gasteiger partial charge in [-0.2, -0.15) is 0 Å². The van der Waals surface area contributed by atoms with Gasteiger partial charge in [-0.05, 0) is 12.8 Å². The van der Waals surface area contributed by atoms with Gasteiger partial charge in [-0.15, -0.1) is 0 Å². The van der Waals surface area contributed by atoms with Crippen molar-refractivity contribution in [3.05, 3.63) is 12.4 Å². The topological polar surface area (TPSA) is 87.7 Å². The van der Waals surface area contributed by atoms with Crippen LogP contribution in [0.4, 0.5) is 11.6 Å². The highest BCUT2D eigenvalue weighted by Crippen LogP contribution is 2.36. The first-order valence-corrected chi connectivity index (χ1v) is 10.3. The van der Waals surface area contributed by atoms with Crippen molar-refractivity contribution < 1.29 is 13.2 Å². The lowest BCUT2D eigenvalue weighted by Crippen LogP contribution is -2.36. The Bertz CT molecular complexity index is 737. The van der Waals surface area contributed by atoms with Crippen molar-refractivity contribution in [3.63, 3.8) is 0 Å². The van der Waals surface area contributed by atoms with Crippen LogP contribution in [0.5, 0.6) is 0 Å². The van der Waals surface area contributed by atoms with Gasteiger partial charge in [0.15, 0.2) is 0 Å². The minimum Gasteiger partial charge on any atom is -0.376 e. The Labute approximate surface area is 148 Å². The molecule has 138 valence electrons. The lowest BCUT2D eigenvalue weighted by atomic mass is 9.93. The molecular weight excluding hydrogens is 342 g/mol. The molecule has 1 aromatic rings. The maximum absolute atomic E-state index is 12.0. The number of ether oxygens (including phenoxy) is 1. The van der Waals surface area contributed by atoms with Crippen LogP contribution < -0.4 is 14.5 Å². The Hall–Kier alpha value is -1.45. The fourth-order valence-electron chi connectivity index (χ4n) is 3.67. The van der Waals surface area contributed by atoms with Gasteiger partial charge in [-0.25, -0.2) is 23.1 Å². The molecule has 1 aromatic heterocycles. The van der Waals surface area contributed by atoms with E-state index in [2.05, 4.69) is 19.6 Å². The zero-order valence-corrected chi connectivity index (χ0v) is 15.4. The third kappa shape index (κ3) is 3.45. The number of sulfonamides is 1. The molecule has 1 aliphatic carbocycles. The van der Waals surface area contributed by atoms with Crippen LogP contribution >= 0.6 is 0 Å². The van der Waals surface area contributed by atoms with Crippen molar-refractivity contribution in [2.75, 3.05) is 50.1 Å². The van der Waals surface area contributed by atoms with E-state index < -0.39 is 10.0 Å². The summed E-state index contributed by atoms with van der Waals surface area (Å²) in [5.41, 5.74) is 0. The largest absolute Gasteiger partial charge is 0.376 e. The maximum atomic E-state index is 12.0. The molecule has 3 fully saturated rings. The van der Waals surface area contributed by atoms with Gasteiger partial charge in [-0.3, -0.25) is 0 Å². The Morgan fingerprint density at radius 1 is 1.32 bits per heavy atom. The quantitative estimate of drug-likeness (QED) is 0.761. The number of hydrogen-bond acceptors (Lipinski definition) is 7. The molecular formula is C16H25N5O3S. The first-order chi connectivity index (χ1) is 11.9. The molecule has 3 aliphatic rings. The summed E-state index contributed by atoms with van der Waals surface area (Å²) in [7, 11) is 0.779. The molecule has 3 atom stereocenters.